The molecule has 1 heterocycles. The van der Waals surface area contributed by atoms with Crippen LogP contribution in [-0.2, 0) is 5.33 Å². The highest BCUT2D eigenvalue weighted by Gasteiger charge is 2.15. The zero-order chi connectivity index (χ0) is 9.80. The van der Waals surface area contributed by atoms with Gasteiger partial charge in [0.15, 0.2) is 0 Å². The third kappa shape index (κ3) is 2.35. The molecule has 14 heavy (non-hydrogen) atoms. The molecule has 1 aromatic heterocycles. The van der Waals surface area contributed by atoms with Crippen LogP contribution in [0.15, 0.2) is 6.20 Å². The van der Waals surface area contributed by atoms with Gasteiger partial charge in [0.05, 0.1) is 11.7 Å². The van der Waals surface area contributed by atoms with E-state index < -0.39 is 0 Å². The third-order valence-electron chi connectivity index (χ3n) is 2.89. The van der Waals surface area contributed by atoms with Crippen LogP contribution in [0.5, 0.6) is 0 Å². The van der Waals surface area contributed by atoms with Crippen molar-refractivity contribution in [2.45, 2.75) is 49.9 Å². The highest BCUT2D eigenvalue weighted by Crippen LogP contribution is 2.26. The molecule has 0 bridgehead atoms. The van der Waals surface area contributed by atoms with Crippen LogP contribution in [-0.4, -0.2) is 15.0 Å². The summed E-state index contributed by atoms with van der Waals surface area (Å²) in [6.45, 7) is 0. The van der Waals surface area contributed by atoms with E-state index in [0.29, 0.717) is 6.04 Å². The van der Waals surface area contributed by atoms with E-state index in [1.54, 1.807) is 0 Å². The monoisotopic (exact) mass is 257 g/mol. The topological polar surface area (TPSA) is 30.7 Å². The fraction of sp³-hybridized carbons (Fsp3) is 0.800. The van der Waals surface area contributed by atoms with Gasteiger partial charge in [-0.2, -0.15) is 0 Å². The SMILES string of the molecule is BrCc1cn(C2CCCCCC2)nn1. The van der Waals surface area contributed by atoms with E-state index in [0.717, 1.165) is 11.0 Å². The quantitative estimate of drug-likeness (QED) is 0.603. The van der Waals surface area contributed by atoms with Crippen LogP contribution in [0.2, 0.25) is 0 Å². The second-order valence-corrected chi connectivity index (χ2v) is 4.53. The molecule has 0 unspecified atom stereocenters. The largest absolute Gasteiger partial charge is 0.249 e. The highest BCUT2D eigenvalue weighted by molar-refractivity contribution is 9.08. The van der Waals surface area contributed by atoms with E-state index >= 15 is 0 Å². The summed E-state index contributed by atoms with van der Waals surface area (Å²) >= 11 is 3.39. The molecule has 1 aliphatic carbocycles. The molecule has 0 radical (unpaired) electrons. The molecule has 2 rings (SSSR count). The van der Waals surface area contributed by atoms with Crippen molar-refractivity contribution < 1.29 is 0 Å². The molecule has 1 saturated carbocycles. The molecule has 0 aliphatic heterocycles. The van der Waals surface area contributed by atoms with Crippen LogP contribution in [0, 0.1) is 0 Å². The molecule has 0 saturated heterocycles. The number of hydrogen-bond donors (Lipinski definition) is 0. The van der Waals surface area contributed by atoms with E-state index in [1.807, 2.05) is 0 Å². The first-order chi connectivity index (χ1) is 6.90. The lowest BCUT2D eigenvalue weighted by Crippen LogP contribution is -2.08. The lowest BCUT2D eigenvalue weighted by molar-refractivity contribution is 0.396. The molecule has 1 aromatic rings. The Morgan fingerprint density at radius 1 is 1.29 bits per heavy atom. The predicted octanol–water partition coefficient (Wildman–Crippen LogP) is 3.07. The number of alkyl halides is 1. The Morgan fingerprint density at radius 3 is 2.57 bits per heavy atom. The summed E-state index contributed by atoms with van der Waals surface area (Å²) in [5, 5.41) is 9.10. The number of halogens is 1. The molecule has 3 nitrogen and oxygen atoms in total. The summed E-state index contributed by atoms with van der Waals surface area (Å²) in [5.41, 5.74) is 1.04. The third-order valence-corrected chi connectivity index (χ3v) is 3.47. The van der Waals surface area contributed by atoms with Gasteiger partial charge in [0.1, 0.15) is 0 Å². The maximum absolute atomic E-state index is 4.19. The van der Waals surface area contributed by atoms with E-state index in [1.165, 1.54) is 38.5 Å². The van der Waals surface area contributed by atoms with Crippen molar-refractivity contribution in [3.05, 3.63) is 11.9 Å². The summed E-state index contributed by atoms with van der Waals surface area (Å²) in [6.07, 6.45) is 10.1. The van der Waals surface area contributed by atoms with Crippen LogP contribution >= 0.6 is 15.9 Å². The van der Waals surface area contributed by atoms with E-state index in [4.69, 9.17) is 0 Å². The van der Waals surface area contributed by atoms with Gasteiger partial charge in [-0.3, -0.25) is 0 Å². The van der Waals surface area contributed by atoms with Gasteiger partial charge in [0.2, 0.25) is 0 Å². The normalized spacial score (nSPS) is 19.5. The Bertz CT molecular complexity index is 277. The minimum Gasteiger partial charge on any atom is -0.249 e. The minimum atomic E-state index is 0.595. The standard InChI is InChI=1S/C10H16BrN3/c11-7-9-8-14(13-12-9)10-5-3-1-2-4-6-10/h8,10H,1-7H2. The first-order valence-electron chi connectivity index (χ1n) is 5.37. The van der Waals surface area contributed by atoms with Gasteiger partial charge in [-0.15, -0.1) is 5.10 Å². The Morgan fingerprint density at radius 2 is 2.00 bits per heavy atom. The zero-order valence-electron chi connectivity index (χ0n) is 8.32. The second-order valence-electron chi connectivity index (χ2n) is 3.97. The average molecular weight is 258 g/mol. The zero-order valence-corrected chi connectivity index (χ0v) is 9.91. The Kier molecular flexibility index (Phi) is 3.56. The molecule has 1 fully saturated rings. The number of nitrogens with zero attached hydrogens (tertiary/aromatic N) is 3. The Balaban J connectivity index is 2.04. The molecular weight excluding hydrogens is 242 g/mol. The molecule has 78 valence electrons. The minimum absolute atomic E-state index is 0.595. The average Bonchev–Trinajstić information content (AvgIpc) is 2.53. The van der Waals surface area contributed by atoms with Crippen molar-refractivity contribution >= 4 is 15.9 Å². The molecule has 1 aliphatic rings. The van der Waals surface area contributed by atoms with Gasteiger partial charge in [0.25, 0.3) is 0 Å². The van der Waals surface area contributed by atoms with Crippen molar-refractivity contribution in [1.82, 2.24) is 15.0 Å². The van der Waals surface area contributed by atoms with Gasteiger partial charge in [0, 0.05) is 11.5 Å². The Labute approximate surface area is 93.0 Å². The van der Waals surface area contributed by atoms with Gasteiger partial charge < -0.3 is 0 Å². The van der Waals surface area contributed by atoms with E-state index in [-0.39, 0.29) is 0 Å². The molecule has 4 heteroatoms. The first-order valence-corrected chi connectivity index (χ1v) is 6.49. The van der Waals surface area contributed by atoms with Gasteiger partial charge in [-0.1, -0.05) is 46.8 Å². The molecule has 0 amide bonds. The molecular formula is C10H16BrN3. The van der Waals surface area contributed by atoms with Crippen molar-refractivity contribution in [1.29, 1.82) is 0 Å². The number of hydrogen-bond acceptors (Lipinski definition) is 2. The van der Waals surface area contributed by atoms with Gasteiger partial charge in [-0.05, 0) is 12.8 Å². The van der Waals surface area contributed by atoms with Crippen LogP contribution < -0.4 is 0 Å². The maximum atomic E-state index is 4.19. The van der Waals surface area contributed by atoms with Crippen molar-refractivity contribution in [3.63, 3.8) is 0 Å². The second kappa shape index (κ2) is 4.91. The molecule has 0 N–H and O–H groups in total. The highest BCUT2D eigenvalue weighted by atomic mass is 79.9. The predicted molar refractivity (Wildman–Crippen MR) is 59.4 cm³/mol. The molecule has 0 aromatic carbocycles. The summed E-state index contributed by atoms with van der Waals surface area (Å²) < 4.78 is 2.06. The van der Waals surface area contributed by atoms with E-state index in [2.05, 4.69) is 37.1 Å². The number of aromatic nitrogens is 3. The van der Waals surface area contributed by atoms with E-state index in [9.17, 15) is 0 Å². The fourth-order valence-corrected chi connectivity index (χ4v) is 2.33. The van der Waals surface area contributed by atoms with Crippen molar-refractivity contribution in [2.75, 3.05) is 0 Å². The smallest absolute Gasteiger partial charge is 0.0932 e. The number of rotatable bonds is 2. The van der Waals surface area contributed by atoms with Crippen LogP contribution in [0.3, 0.4) is 0 Å². The van der Waals surface area contributed by atoms with Crippen LogP contribution in [0.25, 0.3) is 0 Å². The van der Waals surface area contributed by atoms with Crippen LogP contribution in [0.4, 0.5) is 0 Å². The summed E-state index contributed by atoms with van der Waals surface area (Å²) in [6, 6.07) is 0.595. The van der Waals surface area contributed by atoms with Crippen molar-refractivity contribution in [3.8, 4) is 0 Å². The van der Waals surface area contributed by atoms with Gasteiger partial charge >= 0.3 is 0 Å². The molecule has 0 spiro atoms. The summed E-state index contributed by atoms with van der Waals surface area (Å²) in [5.74, 6) is 0. The Hall–Kier alpha value is -0.380. The lowest BCUT2D eigenvalue weighted by Gasteiger charge is -2.12. The van der Waals surface area contributed by atoms with Crippen molar-refractivity contribution in [2.24, 2.45) is 0 Å². The van der Waals surface area contributed by atoms with Gasteiger partial charge in [-0.25, -0.2) is 4.68 Å². The summed E-state index contributed by atoms with van der Waals surface area (Å²) in [4.78, 5) is 0. The first kappa shape index (κ1) is 10.1. The summed E-state index contributed by atoms with van der Waals surface area (Å²) in [7, 11) is 0. The lowest BCUT2D eigenvalue weighted by atomic mass is 10.1. The fourth-order valence-electron chi connectivity index (χ4n) is 2.08. The maximum Gasteiger partial charge on any atom is 0.0932 e. The van der Waals surface area contributed by atoms with Crippen LogP contribution in [0.1, 0.15) is 50.3 Å². The molecule has 0 atom stereocenters.